The average Bonchev–Trinajstić information content (AvgIpc) is 2.83. The van der Waals surface area contributed by atoms with E-state index in [2.05, 4.69) is 5.32 Å². The summed E-state index contributed by atoms with van der Waals surface area (Å²) in [6.45, 7) is 3.58. The highest BCUT2D eigenvalue weighted by molar-refractivity contribution is 5.73. The molecular formula is C13H17NO2. The van der Waals surface area contributed by atoms with E-state index in [-0.39, 0.29) is 18.0 Å². The largest absolute Gasteiger partial charge is 0.458 e. The van der Waals surface area contributed by atoms with Crippen LogP contribution in [0.2, 0.25) is 0 Å². The van der Waals surface area contributed by atoms with Crippen LogP contribution in [0, 0.1) is 5.92 Å². The third-order valence-corrected chi connectivity index (χ3v) is 2.96. The van der Waals surface area contributed by atoms with Crippen LogP contribution in [0.15, 0.2) is 30.3 Å². The standard InChI is InChI=1S/C13H17NO2/c1-10(11-5-3-2-4-6-11)16-13(15)12-7-8-14-9-12/h2-6,10,12,14H,7-9H2,1H3. The fourth-order valence-corrected chi connectivity index (χ4v) is 1.92. The van der Waals surface area contributed by atoms with Gasteiger partial charge in [-0.15, -0.1) is 0 Å². The first-order valence-corrected chi connectivity index (χ1v) is 5.73. The first kappa shape index (κ1) is 11.1. The lowest BCUT2D eigenvalue weighted by molar-refractivity contribution is -0.152. The fraction of sp³-hybridized carbons (Fsp3) is 0.462. The Morgan fingerprint density at radius 3 is 2.81 bits per heavy atom. The van der Waals surface area contributed by atoms with Crippen molar-refractivity contribution in [2.45, 2.75) is 19.4 Å². The van der Waals surface area contributed by atoms with Crippen LogP contribution in [0.4, 0.5) is 0 Å². The topological polar surface area (TPSA) is 38.3 Å². The maximum absolute atomic E-state index is 11.8. The predicted octanol–water partition coefficient (Wildman–Crippen LogP) is 1.90. The summed E-state index contributed by atoms with van der Waals surface area (Å²) in [4.78, 5) is 11.8. The van der Waals surface area contributed by atoms with Crippen molar-refractivity contribution in [1.29, 1.82) is 0 Å². The summed E-state index contributed by atoms with van der Waals surface area (Å²) in [6.07, 6.45) is 0.731. The normalized spacial score (nSPS) is 21.7. The molecule has 16 heavy (non-hydrogen) atoms. The number of carbonyl (C=O) groups is 1. The Labute approximate surface area is 95.8 Å². The third-order valence-electron chi connectivity index (χ3n) is 2.96. The van der Waals surface area contributed by atoms with E-state index >= 15 is 0 Å². The minimum atomic E-state index is -0.158. The SMILES string of the molecule is CC(OC(=O)C1CCNC1)c1ccccc1. The Morgan fingerprint density at radius 2 is 2.19 bits per heavy atom. The summed E-state index contributed by atoms with van der Waals surface area (Å²) < 4.78 is 5.44. The van der Waals surface area contributed by atoms with E-state index in [9.17, 15) is 4.79 Å². The predicted molar refractivity (Wildman–Crippen MR) is 61.9 cm³/mol. The molecule has 1 fully saturated rings. The van der Waals surface area contributed by atoms with Crippen LogP contribution in [0.3, 0.4) is 0 Å². The van der Waals surface area contributed by atoms with Crippen molar-refractivity contribution in [1.82, 2.24) is 5.32 Å². The number of esters is 1. The molecule has 0 amide bonds. The van der Waals surface area contributed by atoms with Gasteiger partial charge in [0, 0.05) is 6.54 Å². The van der Waals surface area contributed by atoms with Gasteiger partial charge in [-0.05, 0) is 25.5 Å². The van der Waals surface area contributed by atoms with Gasteiger partial charge in [0.2, 0.25) is 0 Å². The number of hydrogen-bond acceptors (Lipinski definition) is 3. The molecule has 1 aromatic rings. The van der Waals surface area contributed by atoms with Crippen molar-refractivity contribution in [3.63, 3.8) is 0 Å². The zero-order chi connectivity index (χ0) is 11.4. The molecule has 86 valence electrons. The Bertz CT molecular complexity index is 344. The van der Waals surface area contributed by atoms with Gasteiger partial charge in [-0.1, -0.05) is 30.3 Å². The fourth-order valence-electron chi connectivity index (χ4n) is 1.92. The van der Waals surface area contributed by atoms with E-state index in [1.165, 1.54) is 0 Å². The minimum absolute atomic E-state index is 0.0335. The van der Waals surface area contributed by atoms with Crippen LogP contribution in [0.1, 0.15) is 25.0 Å². The second kappa shape index (κ2) is 5.12. The van der Waals surface area contributed by atoms with Crippen molar-refractivity contribution in [3.8, 4) is 0 Å². The Morgan fingerprint density at radius 1 is 1.44 bits per heavy atom. The maximum Gasteiger partial charge on any atom is 0.310 e. The molecular weight excluding hydrogens is 202 g/mol. The van der Waals surface area contributed by atoms with Gasteiger partial charge in [0.25, 0.3) is 0 Å². The average molecular weight is 219 g/mol. The van der Waals surface area contributed by atoms with Crippen LogP contribution in [0.5, 0.6) is 0 Å². The molecule has 0 bridgehead atoms. The monoisotopic (exact) mass is 219 g/mol. The molecule has 1 saturated heterocycles. The first-order chi connectivity index (χ1) is 7.77. The molecule has 2 atom stereocenters. The Kier molecular flexibility index (Phi) is 3.57. The van der Waals surface area contributed by atoms with Gasteiger partial charge in [-0.25, -0.2) is 0 Å². The number of carbonyl (C=O) groups excluding carboxylic acids is 1. The van der Waals surface area contributed by atoms with Crippen molar-refractivity contribution >= 4 is 5.97 Å². The van der Waals surface area contributed by atoms with Crippen molar-refractivity contribution in [3.05, 3.63) is 35.9 Å². The molecule has 0 saturated carbocycles. The van der Waals surface area contributed by atoms with Crippen LogP contribution in [-0.2, 0) is 9.53 Å². The third kappa shape index (κ3) is 2.61. The highest BCUT2D eigenvalue weighted by Gasteiger charge is 2.25. The molecule has 0 aliphatic carbocycles. The first-order valence-electron chi connectivity index (χ1n) is 5.73. The van der Waals surface area contributed by atoms with E-state index in [4.69, 9.17) is 4.74 Å². The molecule has 1 N–H and O–H groups in total. The molecule has 0 spiro atoms. The van der Waals surface area contributed by atoms with Gasteiger partial charge >= 0.3 is 5.97 Å². The molecule has 3 heteroatoms. The molecule has 0 aromatic heterocycles. The number of nitrogens with one attached hydrogen (secondary N) is 1. The zero-order valence-corrected chi connectivity index (χ0v) is 9.48. The van der Waals surface area contributed by atoms with Gasteiger partial charge in [-0.2, -0.15) is 0 Å². The molecule has 1 heterocycles. The maximum atomic E-state index is 11.8. The number of hydrogen-bond donors (Lipinski definition) is 1. The molecule has 3 nitrogen and oxygen atoms in total. The van der Waals surface area contributed by atoms with Crippen molar-refractivity contribution in [2.75, 3.05) is 13.1 Å². The quantitative estimate of drug-likeness (QED) is 0.789. The smallest absolute Gasteiger partial charge is 0.310 e. The summed E-state index contributed by atoms with van der Waals surface area (Å²) >= 11 is 0. The van der Waals surface area contributed by atoms with E-state index in [0.29, 0.717) is 0 Å². The summed E-state index contributed by atoms with van der Waals surface area (Å²) in [5.41, 5.74) is 1.04. The van der Waals surface area contributed by atoms with Crippen LogP contribution >= 0.6 is 0 Å². The minimum Gasteiger partial charge on any atom is -0.458 e. The lowest BCUT2D eigenvalue weighted by Gasteiger charge is -2.16. The van der Waals surface area contributed by atoms with E-state index < -0.39 is 0 Å². The van der Waals surface area contributed by atoms with Gasteiger partial charge in [0.1, 0.15) is 6.10 Å². The zero-order valence-electron chi connectivity index (χ0n) is 9.48. The lowest BCUT2D eigenvalue weighted by Crippen LogP contribution is -2.21. The molecule has 1 aromatic carbocycles. The summed E-state index contributed by atoms with van der Waals surface area (Å²) in [5, 5.41) is 3.17. The second-order valence-corrected chi connectivity index (χ2v) is 4.18. The van der Waals surface area contributed by atoms with E-state index in [1.807, 2.05) is 37.3 Å². The van der Waals surface area contributed by atoms with Gasteiger partial charge in [0.15, 0.2) is 0 Å². The van der Waals surface area contributed by atoms with Crippen LogP contribution < -0.4 is 5.32 Å². The highest BCUT2D eigenvalue weighted by Crippen LogP contribution is 2.19. The van der Waals surface area contributed by atoms with Gasteiger partial charge in [-0.3, -0.25) is 4.79 Å². The molecule has 2 rings (SSSR count). The van der Waals surface area contributed by atoms with Crippen LogP contribution in [0.25, 0.3) is 0 Å². The van der Waals surface area contributed by atoms with E-state index in [0.717, 1.165) is 25.1 Å². The number of benzene rings is 1. The summed E-state index contributed by atoms with van der Waals surface area (Å²) in [6, 6.07) is 9.82. The Hall–Kier alpha value is -1.35. The van der Waals surface area contributed by atoms with Crippen molar-refractivity contribution in [2.24, 2.45) is 5.92 Å². The molecule has 2 unspecified atom stereocenters. The second-order valence-electron chi connectivity index (χ2n) is 4.18. The molecule has 0 radical (unpaired) electrons. The molecule has 1 aliphatic heterocycles. The number of rotatable bonds is 3. The Balaban J connectivity index is 1.92. The van der Waals surface area contributed by atoms with Gasteiger partial charge < -0.3 is 10.1 Å². The highest BCUT2D eigenvalue weighted by atomic mass is 16.5. The lowest BCUT2D eigenvalue weighted by atomic mass is 10.1. The van der Waals surface area contributed by atoms with Crippen molar-refractivity contribution < 1.29 is 9.53 Å². The summed E-state index contributed by atoms with van der Waals surface area (Å²) in [5.74, 6) is -0.0486. The number of ether oxygens (including phenoxy) is 1. The molecule has 1 aliphatic rings. The van der Waals surface area contributed by atoms with Gasteiger partial charge in [0.05, 0.1) is 5.92 Å². The van der Waals surface area contributed by atoms with Crippen LogP contribution in [-0.4, -0.2) is 19.1 Å². The summed E-state index contributed by atoms with van der Waals surface area (Å²) in [7, 11) is 0. The van der Waals surface area contributed by atoms with E-state index in [1.54, 1.807) is 0 Å².